The first-order chi connectivity index (χ1) is 16.3. The lowest BCUT2D eigenvalue weighted by atomic mass is 10.2. The number of pyridine rings is 2. The minimum absolute atomic E-state index is 0.241. The maximum Gasteiger partial charge on any atom is 0.273 e. The van der Waals surface area contributed by atoms with Gasteiger partial charge in [-0.1, -0.05) is 48.5 Å². The number of rotatable bonds is 7. The van der Waals surface area contributed by atoms with Gasteiger partial charge in [-0.25, -0.2) is 4.98 Å². The maximum absolute atomic E-state index is 13.4. The van der Waals surface area contributed by atoms with Gasteiger partial charge in [-0.3, -0.25) is 9.78 Å². The largest absolute Gasteiger partial charge is 0.485 e. The lowest BCUT2D eigenvalue weighted by molar-refractivity contribution is 0.101. The number of nitrogens with zero attached hydrogens (tertiary/aromatic N) is 3. The molecule has 6 nitrogen and oxygen atoms in total. The van der Waals surface area contributed by atoms with E-state index < -0.39 is 0 Å². The Hall–Kier alpha value is -4.45. The molecule has 0 aliphatic heterocycles. The molecule has 33 heavy (non-hydrogen) atoms. The van der Waals surface area contributed by atoms with E-state index in [1.807, 2.05) is 65.2 Å². The summed E-state index contributed by atoms with van der Waals surface area (Å²) in [7, 11) is 0. The fourth-order valence-corrected chi connectivity index (χ4v) is 3.75. The monoisotopic (exact) mass is 434 g/mol. The molecule has 0 fully saturated rings. The average Bonchev–Trinajstić information content (AvgIpc) is 3.23. The molecule has 162 valence electrons. The van der Waals surface area contributed by atoms with Gasteiger partial charge in [-0.2, -0.15) is 0 Å². The van der Waals surface area contributed by atoms with E-state index in [0.717, 1.165) is 22.0 Å². The third-order valence-corrected chi connectivity index (χ3v) is 5.37. The van der Waals surface area contributed by atoms with Gasteiger partial charge >= 0.3 is 0 Å². The summed E-state index contributed by atoms with van der Waals surface area (Å²) in [5, 5.41) is 3.95. The van der Waals surface area contributed by atoms with Gasteiger partial charge in [0.1, 0.15) is 12.3 Å². The summed E-state index contributed by atoms with van der Waals surface area (Å²) in [6.45, 7) is 0.941. The topological polar surface area (TPSA) is 69.0 Å². The summed E-state index contributed by atoms with van der Waals surface area (Å²) in [5.74, 6) is 0.649. The van der Waals surface area contributed by atoms with Crippen LogP contribution in [0.2, 0.25) is 0 Å². The van der Waals surface area contributed by atoms with Crippen LogP contribution in [-0.2, 0) is 13.2 Å². The quantitative estimate of drug-likeness (QED) is 0.377. The number of carbonyl (C=O) groups excluding carboxylic acids is 1. The SMILES string of the molecule is O=C(Nc1ncccc1OCc1ccncc1)c1cc2ccccc2n1Cc1ccccc1. The molecular weight excluding hydrogens is 412 g/mol. The number of hydrogen-bond acceptors (Lipinski definition) is 4. The number of para-hydroxylation sites is 1. The predicted octanol–water partition coefficient (Wildman–Crippen LogP) is 5.31. The molecule has 0 atom stereocenters. The third-order valence-electron chi connectivity index (χ3n) is 5.37. The van der Waals surface area contributed by atoms with Crippen molar-refractivity contribution in [3.05, 3.63) is 120 Å². The van der Waals surface area contributed by atoms with E-state index in [9.17, 15) is 4.79 Å². The standard InChI is InChI=1S/C27H22N4O2/c32-27(30-26-25(11-6-14-29-26)33-19-21-12-15-28-16-13-21)24-17-22-9-4-5-10-23(22)31(24)18-20-7-2-1-3-8-20/h1-17H,18-19H2,(H,29,30,32). The first-order valence-electron chi connectivity index (χ1n) is 10.7. The number of carbonyl (C=O) groups is 1. The zero-order valence-corrected chi connectivity index (χ0v) is 17.9. The lowest BCUT2D eigenvalue weighted by Crippen LogP contribution is -2.18. The molecule has 0 saturated heterocycles. The van der Waals surface area contributed by atoms with Crippen LogP contribution in [-0.4, -0.2) is 20.4 Å². The molecule has 5 rings (SSSR count). The molecule has 0 bridgehead atoms. The average molecular weight is 434 g/mol. The summed E-state index contributed by atoms with van der Waals surface area (Å²) in [6.07, 6.45) is 5.07. The fourth-order valence-electron chi connectivity index (χ4n) is 3.75. The molecule has 5 aromatic rings. The fraction of sp³-hybridized carbons (Fsp3) is 0.0741. The molecule has 2 aromatic carbocycles. The molecule has 1 amide bonds. The summed E-state index contributed by atoms with van der Waals surface area (Å²) in [5.41, 5.74) is 3.66. The number of anilines is 1. The van der Waals surface area contributed by atoms with Crippen LogP contribution in [0, 0.1) is 0 Å². The van der Waals surface area contributed by atoms with Crippen molar-refractivity contribution in [1.29, 1.82) is 0 Å². The number of fused-ring (bicyclic) bond motifs is 1. The summed E-state index contributed by atoms with van der Waals surface area (Å²) in [6, 6.07) is 27.4. The van der Waals surface area contributed by atoms with Crippen LogP contribution in [0.1, 0.15) is 21.6 Å². The molecule has 0 aliphatic carbocycles. The molecule has 3 heterocycles. The van der Waals surface area contributed by atoms with E-state index in [1.165, 1.54) is 0 Å². The first-order valence-corrected chi connectivity index (χ1v) is 10.7. The van der Waals surface area contributed by atoms with Crippen molar-refractivity contribution < 1.29 is 9.53 Å². The van der Waals surface area contributed by atoms with Crippen molar-refractivity contribution in [3.8, 4) is 5.75 Å². The Balaban J connectivity index is 1.43. The van der Waals surface area contributed by atoms with Crippen LogP contribution < -0.4 is 10.1 Å². The normalized spacial score (nSPS) is 10.8. The van der Waals surface area contributed by atoms with E-state index in [-0.39, 0.29) is 5.91 Å². The predicted molar refractivity (Wildman–Crippen MR) is 128 cm³/mol. The Morgan fingerprint density at radius 2 is 1.64 bits per heavy atom. The molecular formula is C27H22N4O2. The van der Waals surface area contributed by atoms with Crippen molar-refractivity contribution in [2.24, 2.45) is 0 Å². The highest BCUT2D eigenvalue weighted by atomic mass is 16.5. The molecule has 0 spiro atoms. The zero-order valence-electron chi connectivity index (χ0n) is 17.9. The van der Waals surface area contributed by atoms with Crippen LogP contribution in [0.25, 0.3) is 10.9 Å². The smallest absolute Gasteiger partial charge is 0.273 e. The van der Waals surface area contributed by atoms with Gasteiger partial charge in [-0.05, 0) is 47.5 Å². The molecule has 6 heteroatoms. The van der Waals surface area contributed by atoms with Crippen molar-refractivity contribution >= 4 is 22.6 Å². The van der Waals surface area contributed by atoms with E-state index in [0.29, 0.717) is 30.4 Å². The van der Waals surface area contributed by atoms with Crippen molar-refractivity contribution in [2.75, 3.05) is 5.32 Å². The minimum atomic E-state index is -0.241. The number of benzene rings is 2. The molecule has 0 radical (unpaired) electrons. The van der Waals surface area contributed by atoms with Gasteiger partial charge in [0.25, 0.3) is 5.91 Å². The lowest BCUT2D eigenvalue weighted by Gasteiger charge is -2.13. The van der Waals surface area contributed by atoms with Crippen molar-refractivity contribution in [2.45, 2.75) is 13.2 Å². The molecule has 3 aromatic heterocycles. The number of amides is 1. The highest BCUT2D eigenvalue weighted by Crippen LogP contribution is 2.25. The number of ether oxygens (including phenoxy) is 1. The van der Waals surface area contributed by atoms with E-state index in [1.54, 1.807) is 30.7 Å². The Morgan fingerprint density at radius 1 is 0.848 bits per heavy atom. The maximum atomic E-state index is 13.4. The van der Waals surface area contributed by atoms with Gasteiger partial charge in [0.05, 0.1) is 0 Å². The molecule has 0 saturated carbocycles. The number of aromatic nitrogens is 3. The van der Waals surface area contributed by atoms with Crippen LogP contribution in [0.5, 0.6) is 5.75 Å². The Labute approximate surface area is 191 Å². The van der Waals surface area contributed by atoms with Crippen LogP contribution in [0.15, 0.2) is 104 Å². The van der Waals surface area contributed by atoms with Crippen LogP contribution >= 0.6 is 0 Å². The minimum Gasteiger partial charge on any atom is -0.485 e. The second-order valence-electron chi connectivity index (χ2n) is 7.61. The van der Waals surface area contributed by atoms with Crippen molar-refractivity contribution in [1.82, 2.24) is 14.5 Å². The highest BCUT2D eigenvalue weighted by Gasteiger charge is 2.18. The molecule has 0 aliphatic rings. The second kappa shape index (κ2) is 9.36. The van der Waals surface area contributed by atoms with Crippen molar-refractivity contribution in [3.63, 3.8) is 0 Å². The van der Waals surface area contributed by atoms with Gasteiger partial charge in [0.2, 0.25) is 0 Å². The third kappa shape index (κ3) is 4.60. The van der Waals surface area contributed by atoms with E-state index in [4.69, 9.17) is 4.74 Å². The Morgan fingerprint density at radius 3 is 2.48 bits per heavy atom. The summed E-state index contributed by atoms with van der Waals surface area (Å²) < 4.78 is 7.96. The second-order valence-corrected chi connectivity index (χ2v) is 7.61. The van der Waals surface area contributed by atoms with Gasteiger partial charge in [0.15, 0.2) is 11.6 Å². The molecule has 1 N–H and O–H groups in total. The molecule has 0 unspecified atom stereocenters. The Kier molecular flexibility index (Phi) is 5.80. The van der Waals surface area contributed by atoms with Gasteiger partial charge in [0, 0.05) is 36.0 Å². The Bertz CT molecular complexity index is 1380. The van der Waals surface area contributed by atoms with E-state index in [2.05, 4.69) is 27.4 Å². The number of nitrogens with one attached hydrogen (secondary N) is 1. The summed E-state index contributed by atoms with van der Waals surface area (Å²) in [4.78, 5) is 21.8. The first kappa shape index (κ1) is 20.5. The summed E-state index contributed by atoms with van der Waals surface area (Å²) >= 11 is 0. The number of hydrogen-bond donors (Lipinski definition) is 1. The zero-order chi connectivity index (χ0) is 22.5. The van der Waals surface area contributed by atoms with Gasteiger partial charge < -0.3 is 14.6 Å². The van der Waals surface area contributed by atoms with Crippen LogP contribution in [0.3, 0.4) is 0 Å². The van der Waals surface area contributed by atoms with Gasteiger partial charge in [-0.15, -0.1) is 0 Å². The highest BCUT2D eigenvalue weighted by molar-refractivity contribution is 6.06. The van der Waals surface area contributed by atoms with Crippen LogP contribution in [0.4, 0.5) is 5.82 Å². The van der Waals surface area contributed by atoms with E-state index >= 15 is 0 Å².